The van der Waals surface area contributed by atoms with Crippen LogP contribution in [0.4, 0.5) is 5.69 Å². The first kappa shape index (κ1) is 30.5. The van der Waals surface area contributed by atoms with Crippen molar-refractivity contribution in [3.8, 4) is 0 Å². The van der Waals surface area contributed by atoms with Crippen molar-refractivity contribution in [1.82, 2.24) is 10.2 Å². The molecule has 208 valence electrons. The second kappa shape index (κ2) is 13.8. The van der Waals surface area contributed by atoms with E-state index in [1.165, 1.54) is 35.2 Å². The summed E-state index contributed by atoms with van der Waals surface area (Å²) in [5.74, 6) is -0.826. The van der Waals surface area contributed by atoms with Crippen LogP contribution in [-0.2, 0) is 26.2 Å². The summed E-state index contributed by atoms with van der Waals surface area (Å²) in [6, 6.07) is 19.0. The minimum atomic E-state index is -4.19. The van der Waals surface area contributed by atoms with E-state index in [1.807, 2.05) is 45.0 Å². The zero-order chi connectivity index (χ0) is 28.6. The third-order valence-electron chi connectivity index (χ3n) is 6.15. The SMILES string of the molecule is CCCNC(=O)[C@H](CC)N(Cc1ccc(C)cc1)C(=O)CN(c1cc(Cl)cc(Cl)c1)S(=O)(=O)c1ccccc1. The van der Waals surface area contributed by atoms with Gasteiger partial charge in [0.05, 0.1) is 10.6 Å². The van der Waals surface area contributed by atoms with E-state index in [0.29, 0.717) is 13.0 Å². The molecule has 7 nitrogen and oxygen atoms in total. The average Bonchev–Trinajstić information content (AvgIpc) is 2.91. The Labute approximate surface area is 240 Å². The number of benzene rings is 3. The molecule has 3 rings (SSSR count). The van der Waals surface area contributed by atoms with Gasteiger partial charge < -0.3 is 10.2 Å². The number of rotatable bonds is 12. The second-order valence-electron chi connectivity index (χ2n) is 9.17. The highest BCUT2D eigenvalue weighted by Gasteiger charge is 2.33. The van der Waals surface area contributed by atoms with Crippen LogP contribution in [0.15, 0.2) is 77.7 Å². The van der Waals surface area contributed by atoms with Crippen LogP contribution in [0.5, 0.6) is 0 Å². The number of aryl methyl sites for hydroxylation is 1. The van der Waals surface area contributed by atoms with Gasteiger partial charge in [0.15, 0.2) is 0 Å². The van der Waals surface area contributed by atoms with E-state index in [4.69, 9.17) is 23.2 Å². The standard InChI is InChI=1S/C29H33Cl2N3O4S/c1-4-15-32-29(36)27(5-2)33(19-22-13-11-21(3)12-14-22)28(35)20-34(25-17-23(30)16-24(31)18-25)39(37,38)26-9-7-6-8-10-26/h6-14,16-18,27H,4-5,15,19-20H2,1-3H3,(H,32,36)/t27-/m0/s1. The maximum Gasteiger partial charge on any atom is 0.264 e. The van der Waals surface area contributed by atoms with Crippen molar-refractivity contribution < 1.29 is 18.0 Å². The lowest BCUT2D eigenvalue weighted by Crippen LogP contribution is -2.52. The molecule has 0 bridgehead atoms. The molecule has 0 aliphatic heterocycles. The summed E-state index contributed by atoms with van der Waals surface area (Å²) >= 11 is 12.4. The van der Waals surface area contributed by atoms with E-state index in [9.17, 15) is 18.0 Å². The van der Waals surface area contributed by atoms with Gasteiger partial charge in [-0.3, -0.25) is 13.9 Å². The molecule has 0 saturated carbocycles. The Bertz CT molecular complexity index is 1360. The van der Waals surface area contributed by atoms with Crippen molar-refractivity contribution in [2.24, 2.45) is 0 Å². The first-order valence-electron chi connectivity index (χ1n) is 12.7. The zero-order valence-electron chi connectivity index (χ0n) is 22.2. The molecular weight excluding hydrogens is 557 g/mol. The third-order valence-corrected chi connectivity index (χ3v) is 8.38. The molecule has 0 spiro atoms. The maximum atomic E-state index is 14.0. The first-order valence-corrected chi connectivity index (χ1v) is 14.9. The number of sulfonamides is 1. The number of carbonyl (C=O) groups excluding carboxylic acids is 2. The smallest absolute Gasteiger partial charge is 0.264 e. The number of hydrogen-bond donors (Lipinski definition) is 1. The van der Waals surface area contributed by atoms with Gasteiger partial charge in [-0.05, 0) is 55.7 Å². The van der Waals surface area contributed by atoms with Crippen LogP contribution in [0.1, 0.15) is 37.8 Å². The summed E-state index contributed by atoms with van der Waals surface area (Å²) in [6.45, 7) is 5.77. The van der Waals surface area contributed by atoms with Gasteiger partial charge >= 0.3 is 0 Å². The summed E-state index contributed by atoms with van der Waals surface area (Å²) in [5, 5.41) is 3.31. The minimum Gasteiger partial charge on any atom is -0.354 e. The first-order chi connectivity index (χ1) is 18.6. The van der Waals surface area contributed by atoms with Crippen LogP contribution < -0.4 is 9.62 Å². The van der Waals surface area contributed by atoms with Gasteiger partial charge in [0, 0.05) is 23.1 Å². The Balaban J connectivity index is 2.06. The molecule has 3 aromatic carbocycles. The predicted octanol–water partition coefficient (Wildman–Crippen LogP) is 5.83. The Kier molecular flexibility index (Phi) is 10.8. The van der Waals surface area contributed by atoms with E-state index in [1.54, 1.807) is 18.2 Å². The van der Waals surface area contributed by atoms with Crippen molar-refractivity contribution in [2.75, 3.05) is 17.4 Å². The van der Waals surface area contributed by atoms with Crippen LogP contribution in [0.3, 0.4) is 0 Å². The summed E-state index contributed by atoms with van der Waals surface area (Å²) < 4.78 is 28.6. The fraction of sp³-hybridized carbons (Fsp3) is 0.310. The number of anilines is 1. The molecule has 0 fully saturated rings. The number of carbonyl (C=O) groups is 2. The number of nitrogens with zero attached hydrogens (tertiary/aromatic N) is 2. The third kappa shape index (κ3) is 7.97. The van der Waals surface area contributed by atoms with Gasteiger partial charge in [0.2, 0.25) is 11.8 Å². The van der Waals surface area contributed by atoms with Crippen LogP contribution in [0.2, 0.25) is 10.0 Å². The van der Waals surface area contributed by atoms with E-state index in [0.717, 1.165) is 21.9 Å². The van der Waals surface area contributed by atoms with Crippen molar-refractivity contribution in [2.45, 2.75) is 51.1 Å². The van der Waals surface area contributed by atoms with Gasteiger partial charge in [-0.1, -0.05) is 85.1 Å². The van der Waals surface area contributed by atoms with Gasteiger partial charge in [0.1, 0.15) is 12.6 Å². The van der Waals surface area contributed by atoms with Gasteiger partial charge in [-0.25, -0.2) is 8.42 Å². The predicted molar refractivity (Wildman–Crippen MR) is 157 cm³/mol. The lowest BCUT2D eigenvalue weighted by molar-refractivity contribution is -0.140. The summed E-state index contributed by atoms with van der Waals surface area (Å²) in [7, 11) is -4.19. The molecule has 1 atom stereocenters. The molecule has 39 heavy (non-hydrogen) atoms. The molecule has 0 radical (unpaired) electrons. The molecule has 0 saturated heterocycles. The monoisotopic (exact) mass is 589 g/mol. The van der Waals surface area contributed by atoms with Gasteiger partial charge in [-0.15, -0.1) is 0 Å². The molecule has 0 heterocycles. The summed E-state index contributed by atoms with van der Waals surface area (Å²) in [6.07, 6.45) is 1.09. The van der Waals surface area contributed by atoms with Crippen LogP contribution >= 0.6 is 23.2 Å². The topological polar surface area (TPSA) is 86.8 Å². The normalized spacial score (nSPS) is 12.0. The van der Waals surface area contributed by atoms with Crippen molar-refractivity contribution in [3.63, 3.8) is 0 Å². The molecule has 1 N–H and O–H groups in total. The second-order valence-corrected chi connectivity index (χ2v) is 11.9. The fourth-order valence-corrected chi connectivity index (χ4v) is 6.04. The lowest BCUT2D eigenvalue weighted by Gasteiger charge is -2.33. The molecular formula is C29H33Cl2N3O4S. The molecule has 0 unspecified atom stereocenters. The zero-order valence-corrected chi connectivity index (χ0v) is 24.6. The van der Waals surface area contributed by atoms with Gasteiger partial charge in [0.25, 0.3) is 10.0 Å². The van der Waals surface area contributed by atoms with Crippen molar-refractivity contribution >= 4 is 50.7 Å². The molecule has 0 aliphatic carbocycles. The Hall–Kier alpha value is -3.07. The van der Waals surface area contributed by atoms with Crippen LogP contribution in [0.25, 0.3) is 0 Å². The molecule has 10 heteroatoms. The van der Waals surface area contributed by atoms with Crippen molar-refractivity contribution in [3.05, 3.63) is 94.0 Å². The largest absolute Gasteiger partial charge is 0.354 e. The number of halogens is 2. The van der Waals surface area contributed by atoms with Crippen LogP contribution in [-0.4, -0.2) is 44.3 Å². The quantitative estimate of drug-likeness (QED) is 0.288. The minimum absolute atomic E-state index is 0.00622. The van der Waals surface area contributed by atoms with Crippen molar-refractivity contribution in [1.29, 1.82) is 0 Å². The summed E-state index contributed by atoms with van der Waals surface area (Å²) in [5.41, 5.74) is 2.02. The maximum absolute atomic E-state index is 14.0. The summed E-state index contributed by atoms with van der Waals surface area (Å²) in [4.78, 5) is 28.6. The highest BCUT2D eigenvalue weighted by molar-refractivity contribution is 7.92. The van der Waals surface area contributed by atoms with Gasteiger partial charge in [-0.2, -0.15) is 0 Å². The molecule has 0 aromatic heterocycles. The van der Waals surface area contributed by atoms with E-state index < -0.39 is 28.5 Å². The average molecular weight is 591 g/mol. The Morgan fingerprint density at radius 1 is 0.923 bits per heavy atom. The molecule has 0 aliphatic rings. The van der Waals surface area contributed by atoms with E-state index in [-0.39, 0.29) is 33.1 Å². The number of hydrogen-bond acceptors (Lipinski definition) is 4. The molecule has 3 aromatic rings. The van der Waals surface area contributed by atoms with Crippen LogP contribution in [0, 0.1) is 6.92 Å². The number of nitrogens with one attached hydrogen (secondary N) is 1. The fourth-order valence-electron chi connectivity index (χ4n) is 4.11. The number of amides is 2. The lowest BCUT2D eigenvalue weighted by atomic mass is 10.1. The highest BCUT2D eigenvalue weighted by Crippen LogP contribution is 2.30. The Morgan fingerprint density at radius 3 is 2.10 bits per heavy atom. The van der Waals surface area contributed by atoms with E-state index >= 15 is 0 Å². The van der Waals surface area contributed by atoms with E-state index in [2.05, 4.69) is 5.32 Å². The highest BCUT2D eigenvalue weighted by atomic mass is 35.5. The molecule has 2 amide bonds. The Morgan fingerprint density at radius 2 is 1.54 bits per heavy atom.